The summed E-state index contributed by atoms with van der Waals surface area (Å²) in [6.45, 7) is 3.71. The number of hydrogen-bond donors (Lipinski definition) is 1. The highest BCUT2D eigenvalue weighted by Gasteiger charge is 2.21. The molecule has 0 fully saturated rings. The molecule has 1 N–H and O–H groups in total. The van der Waals surface area contributed by atoms with E-state index in [2.05, 4.69) is 15.4 Å². The van der Waals surface area contributed by atoms with Gasteiger partial charge in [0, 0.05) is 11.8 Å². The highest BCUT2D eigenvalue weighted by Crippen LogP contribution is 2.31. The Hall–Kier alpha value is -4.07. The molecule has 8 heteroatoms. The highest BCUT2D eigenvalue weighted by atomic mass is 16.5. The largest absolute Gasteiger partial charge is 0.497 e. The lowest BCUT2D eigenvalue weighted by atomic mass is 10.1. The van der Waals surface area contributed by atoms with Gasteiger partial charge in [0.15, 0.2) is 5.65 Å². The minimum absolute atomic E-state index is 0.288. The molecule has 4 aromatic rings. The number of pyridine rings is 1. The Labute approximate surface area is 185 Å². The predicted octanol–water partition coefficient (Wildman–Crippen LogP) is 4.32. The van der Waals surface area contributed by atoms with Crippen LogP contribution in [0.4, 0.5) is 5.69 Å². The van der Waals surface area contributed by atoms with Gasteiger partial charge in [-0.1, -0.05) is 0 Å². The number of carbonyl (C=O) groups excluding carboxylic acids is 1. The van der Waals surface area contributed by atoms with Gasteiger partial charge in [-0.3, -0.25) is 4.79 Å². The predicted molar refractivity (Wildman–Crippen MR) is 122 cm³/mol. The molecule has 0 bridgehead atoms. The Bertz CT molecular complexity index is 1300. The fraction of sp³-hybridized carbons (Fsp3) is 0.208. The molecule has 2 aromatic heterocycles. The van der Waals surface area contributed by atoms with E-state index in [1.807, 2.05) is 38.1 Å². The second kappa shape index (κ2) is 8.58. The zero-order valence-corrected chi connectivity index (χ0v) is 18.6. The van der Waals surface area contributed by atoms with Gasteiger partial charge in [-0.25, -0.2) is 9.67 Å². The molecule has 32 heavy (non-hydrogen) atoms. The van der Waals surface area contributed by atoms with Gasteiger partial charge in [0.05, 0.1) is 49.3 Å². The monoisotopic (exact) mass is 432 g/mol. The van der Waals surface area contributed by atoms with Crippen molar-refractivity contribution in [1.29, 1.82) is 0 Å². The summed E-state index contributed by atoms with van der Waals surface area (Å²) in [5, 5.41) is 8.28. The van der Waals surface area contributed by atoms with Crippen molar-refractivity contribution in [2.75, 3.05) is 26.6 Å². The minimum atomic E-state index is -0.288. The van der Waals surface area contributed by atoms with E-state index in [1.54, 1.807) is 50.3 Å². The number of benzene rings is 2. The highest BCUT2D eigenvalue weighted by molar-refractivity contribution is 6.13. The molecule has 2 aromatic carbocycles. The number of methoxy groups -OCH3 is 3. The minimum Gasteiger partial charge on any atom is -0.497 e. The van der Waals surface area contributed by atoms with Crippen molar-refractivity contribution in [3.05, 3.63) is 65.5 Å². The number of rotatable bonds is 6. The van der Waals surface area contributed by atoms with Gasteiger partial charge in [0.1, 0.15) is 17.2 Å². The third-order valence-corrected chi connectivity index (χ3v) is 5.16. The van der Waals surface area contributed by atoms with Gasteiger partial charge in [-0.05, 0) is 56.3 Å². The first-order chi connectivity index (χ1) is 15.4. The fourth-order valence-corrected chi connectivity index (χ4v) is 3.60. The Balaban J connectivity index is 1.80. The van der Waals surface area contributed by atoms with Crippen molar-refractivity contribution >= 4 is 22.6 Å². The van der Waals surface area contributed by atoms with Crippen molar-refractivity contribution in [3.8, 4) is 22.9 Å². The third kappa shape index (κ3) is 3.82. The number of amides is 1. The zero-order valence-electron chi connectivity index (χ0n) is 18.6. The molecule has 164 valence electrons. The molecule has 0 aliphatic heterocycles. The van der Waals surface area contributed by atoms with Crippen LogP contribution in [-0.2, 0) is 0 Å². The Morgan fingerprint density at radius 3 is 2.25 bits per heavy atom. The molecule has 0 spiro atoms. The number of anilines is 1. The van der Waals surface area contributed by atoms with Crippen LogP contribution in [0, 0.1) is 13.8 Å². The van der Waals surface area contributed by atoms with Crippen LogP contribution in [-0.4, -0.2) is 42.0 Å². The van der Waals surface area contributed by atoms with Gasteiger partial charge in [-0.15, -0.1) is 0 Å². The summed E-state index contributed by atoms with van der Waals surface area (Å²) in [4.78, 5) is 18.0. The van der Waals surface area contributed by atoms with Crippen LogP contribution in [0.1, 0.15) is 21.7 Å². The van der Waals surface area contributed by atoms with E-state index in [4.69, 9.17) is 14.2 Å². The maximum Gasteiger partial charge on any atom is 0.256 e. The number of nitrogens with zero attached hydrogens (tertiary/aromatic N) is 3. The number of aromatic nitrogens is 3. The quantitative estimate of drug-likeness (QED) is 0.488. The molecule has 1 amide bonds. The van der Waals surface area contributed by atoms with Crippen molar-refractivity contribution in [2.24, 2.45) is 0 Å². The molecule has 0 saturated heterocycles. The molecule has 0 atom stereocenters. The first kappa shape index (κ1) is 21.2. The Kier molecular flexibility index (Phi) is 5.68. The van der Waals surface area contributed by atoms with Gasteiger partial charge in [0.2, 0.25) is 0 Å². The standard InChI is InChI=1S/C24H24N4O4/c1-14-12-19(24(29)26-20-13-18(31-4)10-11-21(20)32-5)22-15(2)27-28(23(22)25-14)16-6-8-17(30-3)9-7-16/h6-13H,1-5H3,(H,26,29). The van der Waals surface area contributed by atoms with Crippen molar-refractivity contribution in [1.82, 2.24) is 14.8 Å². The van der Waals surface area contributed by atoms with E-state index in [9.17, 15) is 4.79 Å². The number of nitrogens with one attached hydrogen (secondary N) is 1. The van der Waals surface area contributed by atoms with E-state index >= 15 is 0 Å². The lowest BCUT2D eigenvalue weighted by Gasteiger charge is -2.13. The fourth-order valence-electron chi connectivity index (χ4n) is 3.60. The average Bonchev–Trinajstić information content (AvgIpc) is 3.14. The lowest BCUT2D eigenvalue weighted by molar-refractivity contribution is 0.102. The van der Waals surface area contributed by atoms with Gasteiger partial charge >= 0.3 is 0 Å². The molecule has 0 aliphatic carbocycles. The van der Waals surface area contributed by atoms with Crippen LogP contribution in [0.3, 0.4) is 0 Å². The molecular formula is C24H24N4O4. The maximum absolute atomic E-state index is 13.3. The number of hydrogen-bond acceptors (Lipinski definition) is 6. The van der Waals surface area contributed by atoms with Gasteiger partial charge in [-0.2, -0.15) is 5.10 Å². The molecule has 8 nitrogen and oxygen atoms in total. The number of ether oxygens (including phenoxy) is 3. The summed E-state index contributed by atoms with van der Waals surface area (Å²) in [5.74, 6) is 1.61. The van der Waals surface area contributed by atoms with Crippen LogP contribution in [0.25, 0.3) is 16.7 Å². The summed E-state index contributed by atoms with van der Waals surface area (Å²) in [6.07, 6.45) is 0. The molecule has 0 unspecified atom stereocenters. The smallest absolute Gasteiger partial charge is 0.256 e. The van der Waals surface area contributed by atoms with Crippen LogP contribution in [0.5, 0.6) is 17.2 Å². The van der Waals surface area contributed by atoms with E-state index in [0.29, 0.717) is 45.2 Å². The number of aryl methyl sites for hydroxylation is 2. The van der Waals surface area contributed by atoms with E-state index in [1.165, 1.54) is 0 Å². The summed E-state index contributed by atoms with van der Waals surface area (Å²) < 4.78 is 17.6. The average molecular weight is 432 g/mol. The summed E-state index contributed by atoms with van der Waals surface area (Å²) >= 11 is 0. The van der Waals surface area contributed by atoms with Crippen LogP contribution in [0.15, 0.2) is 48.5 Å². The normalized spacial score (nSPS) is 10.8. The first-order valence-corrected chi connectivity index (χ1v) is 10.00. The molecule has 0 saturated carbocycles. The number of fused-ring (bicyclic) bond motifs is 1. The van der Waals surface area contributed by atoms with Crippen LogP contribution in [0.2, 0.25) is 0 Å². The van der Waals surface area contributed by atoms with E-state index < -0.39 is 0 Å². The zero-order chi connectivity index (χ0) is 22.8. The second-order valence-corrected chi connectivity index (χ2v) is 7.23. The molecular weight excluding hydrogens is 408 g/mol. The van der Waals surface area contributed by atoms with Crippen molar-refractivity contribution < 1.29 is 19.0 Å². The molecule has 2 heterocycles. The van der Waals surface area contributed by atoms with E-state index in [0.717, 1.165) is 11.4 Å². The first-order valence-electron chi connectivity index (χ1n) is 10.00. The topological polar surface area (TPSA) is 87.5 Å². The second-order valence-electron chi connectivity index (χ2n) is 7.23. The Morgan fingerprint density at radius 2 is 1.59 bits per heavy atom. The van der Waals surface area contributed by atoms with E-state index in [-0.39, 0.29) is 5.91 Å². The molecule has 0 radical (unpaired) electrons. The molecule has 0 aliphatic rings. The SMILES string of the molecule is COc1ccc(-n2nc(C)c3c(C(=O)Nc4cc(OC)ccc4OC)cc(C)nc32)cc1. The summed E-state index contributed by atoms with van der Waals surface area (Å²) in [6, 6.07) is 14.5. The van der Waals surface area contributed by atoms with Gasteiger partial charge < -0.3 is 19.5 Å². The maximum atomic E-state index is 13.3. The van der Waals surface area contributed by atoms with Crippen molar-refractivity contribution in [3.63, 3.8) is 0 Å². The van der Waals surface area contributed by atoms with Crippen molar-refractivity contribution in [2.45, 2.75) is 13.8 Å². The number of carbonyl (C=O) groups is 1. The molecule has 4 rings (SSSR count). The lowest BCUT2D eigenvalue weighted by Crippen LogP contribution is -2.14. The van der Waals surface area contributed by atoms with Crippen LogP contribution >= 0.6 is 0 Å². The Morgan fingerprint density at radius 1 is 0.906 bits per heavy atom. The van der Waals surface area contributed by atoms with Crippen LogP contribution < -0.4 is 19.5 Å². The summed E-state index contributed by atoms with van der Waals surface area (Å²) in [7, 11) is 4.74. The third-order valence-electron chi connectivity index (χ3n) is 5.16. The van der Waals surface area contributed by atoms with Gasteiger partial charge in [0.25, 0.3) is 5.91 Å². The summed E-state index contributed by atoms with van der Waals surface area (Å²) in [5.41, 5.74) is 3.83.